The molecule has 0 amide bonds. The van der Waals surface area contributed by atoms with Gasteiger partial charge < -0.3 is 11.1 Å². The smallest absolute Gasteiger partial charge is 0.183 e. The minimum absolute atomic E-state index is 0.771. The highest BCUT2D eigenvalue weighted by atomic mass is 32.1. The predicted molar refractivity (Wildman–Crippen MR) is 74.4 cm³/mol. The monoisotopic (exact) mass is 247 g/mol. The lowest BCUT2D eigenvalue weighted by atomic mass is 10.1. The third kappa shape index (κ3) is 2.77. The largest absolute Gasteiger partial charge is 0.399 e. The maximum Gasteiger partial charge on any atom is 0.183 e. The number of nitrogen functional groups attached to an aromatic ring is 1. The summed E-state index contributed by atoms with van der Waals surface area (Å²) < 4.78 is 0. The number of hydrogen-bond donors (Lipinski definition) is 2. The standard InChI is InChI=1S/C13H17N3S/c1-3-11-8-17-13(16-11)15-7-10-5-4-6-12(14)9(10)2/h4-6,8H,3,7,14H2,1-2H3,(H,15,16). The topological polar surface area (TPSA) is 50.9 Å². The molecule has 0 aliphatic carbocycles. The minimum atomic E-state index is 0.771. The normalized spacial score (nSPS) is 10.5. The quantitative estimate of drug-likeness (QED) is 0.816. The van der Waals surface area contributed by atoms with Crippen molar-refractivity contribution < 1.29 is 0 Å². The van der Waals surface area contributed by atoms with E-state index < -0.39 is 0 Å². The summed E-state index contributed by atoms with van der Waals surface area (Å²) in [7, 11) is 0. The molecule has 1 heterocycles. The Bertz CT molecular complexity index is 505. The maximum absolute atomic E-state index is 5.87. The molecule has 0 atom stereocenters. The van der Waals surface area contributed by atoms with Gasteiger partial charge in [0.05, 0.1) is 5.69 Å². The third-order valence-corrected chi connectivity index (χ3v) is 3.68. The first-order valence-corrected chi connectivity index (χ1v) is 6.61. The zero-order valence-electron chi connectivity index (χ0n) is 10.2. The van der Waals surface area contributed by atoms with Crippen LogP contribution >= 0.6 is 11.3 Å². The lowest BCUT2D eigenvalue weighted by Gasteiger charge is -2.08. The number of rotatable bonds is 4. The van der Waals surface area contributed by atoms with E-state index in [9.17, 15) is 0 Å². The highest BCUT2D eigenvalue weighted by Gasteiger charge is 2.03. The fourth-order valence-corrected chi connectivity index (χ4v) is 2.41. The van der Waals surface area contributed by atoms with Gasteiger partial charge in [-0.1, -0.05) is 19.1 Å². The van der Waals surface area contributed by atoms with E-state index in [1.165, 1.54) is 5.56 Å². The van der Waals surface area contributed by atoms with Gasteiger partial charge in [0.2, 0.25) is 0 Å². The van der Waals surface area contributed by atoms with E-state index in [0.717, 1.165) is 35.0 Å². The fraction of sp³-hybridized carbons (Fsp3) is 0.308. The zero-order valence-corrected chi connectivity index (χ0v) is 11.0. The Labute approximate surface area is 106 Å². The van der Waals surface area contributed by atoms with Gasteiger partial charge in [-0.15, -0.1) is 11.3 Å². The summed E-state index contributed by atoms with van der Waals surface area (Å²) in [4.78, 5) is 4.47. The van der Waals surface area contributed by atoms with Gasteiger partial charge in [0, 0.05) is 17.6 Å². The molecule has 0 unspecified atom stereocenters. The Balaban J connectivity index is 2.04. The molecule has 4 heteroatoms. The van der Waals surface area contributed by atoms with Crippen LogP contribution in [0, 0.1) is 6.92 Å². The van der Waals surface area contributed by atoms with Crippen molar-refractivity contribution in [3.63, 3.8) is 0 Å². The summed E-state index contributed by atoms with van der Waals surface area (Å²) in [5.41, 5.74) is 10.2. The van der Waals surface area contributed by atoms with Crippen molar-refractivity contribution in [2.75, 3.05) is 11.1 Å². The first kappa shape index (κ1) is 11.9. The molecule has 0 aliphatic rings. The molecular formula is C13H17N3S. The number of anilines is 2. The van der Waals surface area contributed by atoms with Crippen molar-refractivity contribution in [1.29, 1.82) is 0 Å². The molecule has 0 fully saturated rings. The number of thiazole rings is 1. The van der Waals surface area contributed by atoms with Crippen molar-refractivity contribution in [1.82, 2.24) is 4.98 Å². The van der Waals surface area contributed by atoms with E-state index in [2.05, 4.69) is 28.7 Å². The van der Waals surface area contributed by atoms with Crippen LogP contribution in [0.4, 0.5) is 10.8 Å². The molecule has 0 saturated heterocycles. The van der Waals surface area contributed by atoms with E-state index in [4.69, 9.17) is 5.73 Å². The molecule has 0 aliphatic heterocycles. The molecule has 90 valence electrons. The Morgan fingerprint density at radius 1 is 1.41 bits per heavy atom. The van der Waals surface area contributed by atoms with Crippen molar-refractivity contribution in [2.45, 2.75) is 26.8 Å². The molecular weight excluding hydrogens is 230 g/mol. The van der Waals surface area contributed by atoms with Crippen LogP contribution in [0.2, 0.25) is 0 Å². The van der Waals surface area contributed by atoms with E-state index in [0.29, 0.717) is 0 Å². The SMILES string of the molecule is CCc1csc(NCc2cccc(N)c2C)n1. The van der Waals surface area contributed by atoms with Gasteiger partial charge in [0.1, 0.15) is 0 Å². The maximum atomic E-state index is 5.87. The van der Waals surface area contributed by atoms with Gasteiger partial charge in [-0.2, -0.15) is 0 Å². The zero-order chi connectivity index (χ0) is 12.3. The summed E-state index contributed by atoms with van der Waals surface area (Å²) in [6.45, 7) is 4.93. The lowest BCUT2D eigenvalue weighted by Crippen LogP contribution is -2.03. The number of nitrogens with two attached hydrogens (primary N) is 1. The van der Waals surface area contributed by atoms with Crippen LogP contribution in [0.5, 0.6) is 0 Å². The van der Waals surface area contributed by atoms with Gasteiger partial charge in [0.15, 0.2) is 5.13 Å². The first-order chi connectivity index (χ1) is 8.20. The molecule has 17 heavy (non-hydrogen) atoms. The van der Waals surface area contributed by atoms with E-state index >= 15 is 0 Å². The predicted octanol–water partition coefficient (Wildman–Crippen LogP) is 3.21. The lowest BCUT2D eigenvalue weighted by molar-refractivity contribution is 1.04. The van der Waals surface area contributed by atoms with Crippen LogP contribution in [0.3, 0.4) is 0 Å². The molecule has 0 saturated carbocycles. The fourth-order valence-electron chi connectivity index (χ4n) is 1.62. The molecule has 1 aromatic heterocycles. The minimum Gasteiger partial charge on any atom is -0.399 e. The number of aromatic nitrogens is 1. The molecule has 0 radical (unpaired) electrons. The summed E-state index contributed by atoms with van der Waals surface area (Å²) in [5.74, 6) is 0. The van der Waals surface area contributed by atoms with Gasteiger partial charge in [0.25, 0.3) is 0 Å². The third-order valence-electron chi connectivity index (χ3n) is 2.83. The average molecular weight is 247 g/mol. The van der Waals surface area contributed by atoms with E-state index in [1.54, 1.807) is 11.3 Å². The summed E-state index contributed by atoms with van der Waals surface area (Å²) in [5, 5.41) is 6.40. The van der Waals surface area contributed by atoms with Crippen molar-refractivity contribution in [3.8, 4) is 0 Å². The van der Waals surface area contributed by atoms with Crippen molar-refractivity contribution in [2.24, 2.45) is 0 Å². The average Bonchev–Trinajstić information content (AvgIpc) is 2.79. The van der Waals surface area contributed by atoms with Crippen molar-refractivity contribution in [3.05, 3.63) is 40.4 Å². The highest BCUT2D eigenvalue weighted by Crippen LogP contribution is 2.19. The van der Waals surface area contributed by atoms with Crippen molar-refractivity contribution >= 4 is 22.2 Å². The molecule has 3 nitrogen and oxygen atoms in total. The number of nitrogens with one attached hydrogen (secondary N) is 1. The second-order valence-electron chi connectivity index (χ2n) is 3.98. The summed E-state index contributed by atoms with van der Waals surface area (Å²) in [6.07, 6.45) is 0.982. The van der Waals surface area contributed by atoms with Crippen LogP contribution < -0.4 is 11.1 Å². The Kier molecular flexibility index (Phi) is 3.64. The molecule has 1 aromatic carbocycles. The van der Waals surface area contributed by atoms with Gasteiger partial charge in [-0.3, -0.25) is 0 Å². The number of nitrogens with zero attached hydrogens (tertiary/aromatic N) is 1. The molecule has 2 aromatic rings. The van der Waals surface area contributed by atoms with Gasteiger partial charge >= 0.3 is 0 Å². The second-order valence-corrected chi connectivity index (χ2v) is 4.84. The number of aryl methyl sites for hydroxylation is 1. The van der Waals surface area contributed by atoms with Crippen LogP contribution in [0.15, 0.2) is 23.6 Å². The van der Waals surface area contributed by atoms with Crippen LogP contribution in [0.25, 0.3) is 0 Å². The van der Waals surface area contributed by atoms with Crippen LogP contribution in [0.1, 0.15) is 23.7 Å². The van der Waals surface area contributed by atoms with Crippen LogP contribution in [-0.2, 0) is 13.0 Å². The number of benzene rings is 1. The highest BCUT2D eigenvalue weighted by molar-refractivity contribution is 7.13. The van der Waals surface area contributed by atoms with E-state index in [-0.39, 0.29) is 0 Å². The molecule has 3 N–H and O–H groups in total. The summed E-state index contributed by atoms with van der Waals surface area (Å²) >= 11 is 1.65. The Morgan fingerprint density at radius 3 is 2.94 bits per heavy atom. The molecule has 0 bridgehead atoms. The molecule has 2 rings (SSSR count). The Hall–Kier alpha value is -1.55. The van der Waals surface area contributed by atoms with Crippen LogP contribution in [-0.4, -0.2) is 4.98 Å². The second kappa shape index (κ2) is 5.19. The van der Waals surface area contributed by atoms with E-state index in [1.807, 2.05) is 19.1 Å². The van der Waals surface area contributed by atoms with Gasteiger partial charge in [-0.25, -0.2) is 4.98 Å². The Morgan fingerprint density at radius 2 is 2.24 bits per heavy atom. The molecule has 0 spiro atoms. The van der Waals surface area contributed by atoms with Gasteiger partial charge in [-0.05, 0) is 30.5 Å². The summed E-state index contributed by atoms with van der Waals surface area (Å²) in [6, 6.07) is 6.00. The first-order valence-electron chi connectivity index (χ1n) is 5.73. The number of hydrogen-bond acceptors (Lipinski definition) is 4.